The summed E-state index contributed by atoms with van der Waals surface area (Å²) in [4.78, 5) is 0. The van der Waals surface area contributed by atoms with Gasteiger partial charge in [0.2, 0.25) is 0 Å². The maximum Gasteiger partial charge on any atom is 0.123 e. The van der Waals surface area contributed by atoms with E-state index in [1.807, 2.05) is 6.07 Å². The van der Waals surface area contributed by atoms with Crippen molar-refractivity contribution in [2.75, 3.05) is 0 Å². The summed E-state index contributed by atoms with van der Waals surface area (Å²) in [5.74, 6) is 0.727. The van der Waals surface area contributed by atoms with Gasteiger partial charge in [-0.25, -0.2) is 0 Å². The summed E-state index contributed by atoms with van der Waals surface area (Å²) in [6.45, 7) is 11.8. The zero-order valence-electron chi connectivity index (χ0n) is 13.1. The minimum atomic E-state index is 0.140. The minimum absolute atomic E-state index is 0.140. The third-order valence-electron chi connectivity index (χ3n) is 3.25. The molecule has 0 saturated carbocycles. The molecule has 1 heterocycles. The Morgan fingerprint density at radius 3 is 2.43 bits per heavy atom. The highest BCUT2D eigenvalue weighted by atomic mass is 15.1. The average molecular weight is 285 g/mol. The molecule has 1 aliphatic heterocycles. The van der Waals surface area contributed by atoms with Gasteiger partial charge in [-0.3, -0.25) is 0 Å². The number of nitrogens with one attached hydrogen (secondary N) is 2. The minimum Gasteiger partial charge on any atom is -0.405 e. The summed E-state index contributed by atoms with van der Waals surface area (Å²) in [6.07, 6.45) is 5.78. The molecule has 0 radical (unpaired) electrons. The molecule has 4 N–H and O–H groups in total. The van der Waals surface area contributed by atoms with Crippen LogP contribution >= 0.6 is 0 Å². The standard InChI is InChI=1S/C16H22N2.C2H5N/c1-12(2)9-10-15-11-17-16(18-13(15)3)14-7-5-4-6-8-14;1-2-3/h4-8,11-12,16-18H,3,9-10H2,1-2H3;2H,1,3H2. The van der Waals surface area contributed by atoms with E-state index in [0.29, 0.717) is 0 Å². The topological polar surface area (TPSA) is 50.1 Å². The van der Waals surface area contributed by atoms with E-state index in [1.54, 1.807) is 0 Å². The first-order valence-corrected chi connectivity index (χ1v) is 7.37. The molecule has 0 amide bonds. The Morgan fingerprint density at radius 2 is 1.90 bits per heavy atom. The largest absolute Gasteiger partial charge is 0.405 e. The van der Waals surface area contributed by atoms with Gasteiger partial charge in [-0.1, -0.05) is 57.3 Å². The third kappa shape index (κ3) is 5.78. The van der Waals surface area contributed by atoms with Crippen LogP contribution in [0, 0.1) is 5.92 Å². The second kappa shape index (κ2) is 8.90. The van der Waals surface area contributed by atoms with Crippen molar-refractivity contribution in [3.8, 4) is 0 Å². The number of hydrogen-bond acceptors (Lipinski definition) is 3. The Kier molecular flexibility index (Phi) is 7.16. The monoisotopic (exact) mass is 285 g/mol. The normalized spacial score (nSPS) is 17.0. The number of allylic oxidation sites excluding steroid dienone is 1. The van der Waals surface area contributed by atoms with Crippen LogP contribution in [0.3, 0.4) is 0 Å². The van der Waals surface area contributed by atoms with Crippen LogP contribution in [0.1, 0.15) is 38.4 Å². The van der Waals surface area contributed by atoms with Crippen LogP contribution in [0.4, 0.5) is 0 Å². The zero-order valence-corrected chi connectivity index (χ0v) is 13.1. The molecule has 0 spiro atoms. The Morgan fingerprint density at radius 1 is 1.29 bits per heavy atom. The Hall–Kier alpha value is -2.16. The first-order valence-electron chi connectivity index (χ1n) is 7.37. The van der Waals surface area contributed by atoms with Gasteiger partial charge in [0.05, 0.1) is 0 Å². The molecule has 114 valence electrons. The van der Waals surface area contributed by atoms with Crippen LogP contribution in [0.2, 0.25) is 0 Å². The molecule has 0 aliphatic carbocycles. The van der Waals surface area contributed by atoms with Gasteiger partial charge in [0.25, 0.3) is 0 Å². The molecule has 1 aromatic rings. The molecule has 0 aromatic heterocycles. The van der Waals surface area contributed by atoms with Gasteiger partial charge in [0.15, 0.2) is 0 Å². The van der Waals surface area contributed by atoms with Gasteiger partial charge < -0.3 is 16.4 Å². The first-order chi connectivity index (χ1) is 10.1. The fourth-order valence-electron chi connectivity index (χ4n) is 2.07. The van der Waals surface area contributed by atoms with E-state index in [-0.39, 0.29) is 6.17 Å². The van der Waals surface area contributed by atoms with Crippen molar-refractivity contribution in [2.24, 2.45) is 11.7 Å². The molecule has 3 nitrogen and oxygen atoms in total. The summed E-state index contributed by atoms with van der Waals surface area (Å²) < 4.78 is 0. The van der Waals surface area contributed by atoms with Gasteiger partial charge in [0.1, 0.15) is 6.17 Å². The van der Waals surface area contributed by atoms with E-state index in [2.05, 4.69) is 73.8 Å². The molecular formula is C18H27N3. The predicted octanol–water partition coefficient (Wildman–Crippen LogP) is 3.80. The highest BCUT2D eigenvalue weighted by Gasteiger charge is 2.16. The number of nitrogens with two attached hydrogens (primary N) is 1. The van der Waals surface area contributed by atoms with Gasteiger partial charge in [-0.15, -0.1) is 0 Å². The van der Waals surface area contributed by atoms with E-state index in [9.17, 15) is 0 Å². The van der Waals surface area contributed by atoms with E-state index >= 15 is 0 Å². The second-order valence-electron chi connectivity index (χ2n) is 5.47. The smallest absolute Gasteiger partial charge is 0.123 e. The molecule has 1 aromatic carbocycles. The molecular weight excluding hydrogens is 258 g/mol. The van der Waals surface area contributed by atoms with Crippen molar-refractivity contribution < 1.29 is 0 Å². The Labute approximate surface area is 128 Å². The second-order valence-corrected chi connectivity index (χ2v) is 5.47. The van der Waals surface area contributed by atoms with Crippen molar-refractivity contribution >= 4 is 0 Å². The number of rotatable bonds is 4. The predicted molar refractivity (Wildman–Crippen MR) is 91.1 cm³/mol. The van der Waals surface area contributed by atoms with Gasteiger partial charge in [-0.2, -0.15) is 0 Å². The SMILES string of the molecule is C=C1NC(c2ccccc2)NC=C1CCC(C)C.C=CN. The molecule has 2 rings (SSSR count). The zero-order chi connectivity index (χ0) is 15.7. The van der Waals surface area contributed by atoms with Gasteiger partial charge in [-0.05, 0) is 36.1 Å². The van der Waals surface area contributed by atoms with Crippen LogP contribution in [0.15, 0.2) is 67.2 Å². The molecule has 3 heteroatoms. The number of benzene rings is 1. The lowest BCUT2D eigenvalue weighted by Gasteiger charge is -2.28. The highest BCUT2D eigenvalue weighted by Crippen LogP contribution is 2.22. The third-order valence-corrected chi connectivity index (χ3v) is 3.25. The van der Waals surface area contributed by atoms with Crippen molar-refractivity contribution in [2.45, 2.75) is 32.9 Å². The van der Waals surface area contributed by atoms with Crippen LogP contribution in [-0.2, 0) is 0 Å². The number of hydrogen-bond donors (Lipinski definition) is 3. The highest BCUT2D eigenvalue weighted by molar-refractivity contribution is 5.32. The van der Waals surface area contributed by atoms with Crippen LogP contribution in [0.5, 0.6) is 0 Å². The van der Waals surface area contributed by atoms with Gasteiger partial charge >= 0.3 is 0 Å². The van der Waals surface area contributed by atoms with Crippen molar-refractivity contribution in [3.63, 3.8) is 0 Å². The summed E-state index contributed by atoms with van der Waals surface area (Å²) in [5, 5.41) is 6.84. The Bertz CT molecular complexity index is 474. The molecule has 0 bridgehead atoms. The fourth-order valence-corrected chi connectivity index (χ4v) is 2.07. The lowest BCUT2D eigenvalue weighted by molar-refractivity contribution is 0.509. The maximum atomic E-state index is 4.61. The fraction of sp³-hybridized carbons (Fsp3) is 0.333. The lowest BCUT2D eigenvalue weighted by Crippen LogP contribution is -2.35. The quantitative estimate of drug-likeness (QED) is 0.788. The molecule has 21 heavy (non-hydrogen) atoms. The Balaban J connectivity index is 0.000000677. The molecule has 1 atom stereocenters. The van der Waals surface area contributed by atoms with Crippen LogP contribution in [0.25, 0.3) is 0 Å². The van der Waals surface area contributed by atoms with E-state index in [4.69, 9.17) is 0 Å². The maximum absolute atomic E-state index is 4.61. The summed E-state index contributed by atoms with van der Waals surface area (Å²) in [6, 6.07) is 10.4. The lowest BCUT2D eigenvalue weighted by atomic mass is 10.00. The summed E-state index contributed by atoms with van der Waals surface area (Å²) in [7, 11) is 0. The van der Waals surface area contributed by atoms with Gasteiger partial charge in [0, 0.05) is 11.9 Å². The molecule has 1 aliphatic rings. The average Bonchev–Trinajstić information content (AvgIpc) is 2.47. The van der Waals surface area contributed by atoms with E-state index in [0.717, 1.165) is 18.0 Å². The van der Waals surface area contributed by atoms with Crippen molar-refractivity contribution in [3.05, 3.63) is 72.7 Å². The summed E-state index contributed by atoms with van der Waals surface area (Å²) >= 11 is 0. The van der Waals surface area contributed by atoms with E-state index in [1.165, 1.54) is 23.8 Å². The molecule has 0 fully saturated rings. The first kappa shape index (κ1) is 16.9. The molecule has 0 saturated heterocycles. The van der Waals surface area contributed by atoms with Crippen molar-refractivity contribution in [1.29, 1.82) is 0 Å². The summed E-state index contributed by atoms with van der Waals surface area (Å²) in [5.41, 5.74) is 8.18. The van der Waals surface area contributed by atoms with Crippen molar-refractivity contribution in [1.82, 2.24) is 10.6 Å². The van der Waals surface area contributed by atoms with Crippen LogP contribution in [-0.4, -0.2) is 0 Å². The molecule has 1 unspecified atom stereocenters. The van der Waals surface area contributed by atoms with E-state index < -0.39 is 0 Å². The van der Waals surface area contributed by atoms with Crippen LogP contribution < -0.4 is 16.4 Å².